The van der Waals surface area contributed by atoms with Crippen LogP contribution in [0.2, 0.25) is 0 Å². The average Bonchev–Trinajstić information content (AvgIpc) is 2.32. The number of nitrogens with zero attached hydrogens (tertiary/aromatic N) is 1. The van der Waals surface area contributed by atoms with E-state index in [0.717, 1.165) is 31.3 Å². The fourth-order valence-electron chi connectivity index (χ4n) is 2.87. The lowest BCUT2D eigenvalue weighted by molar-refractivity contribution is -0.128. The summed E-state index contributed by atoms with van der Waals surface area (Å²) in [4.78, 5) is 14.2. The molecule has 0 aromatic heterocycles. The van der Waals surface area contributed by atoms with E-state index >= 15 is 0 Å². The molecular weight excluding hydrogens is 276 g/mol. The van der Waals surface area contributed by atoms with Crippen LogP contribution in [0.3, 0.4) is 0 Å². The second-order valence-corrected chi connectivity index (χ2v) is 6.25. The summed E-state index contributed by atoms with van der Waals surface area (Å²) < 4.78 is 32.0. The van der Waals surface area contributed by atoms with Crippen LogP contribution in [0.5, 0.6) is 0 Å². The Hall–Kier alpha value is -1.33. The summed E-state index contributed by atoms with van der Waals surface area (Å²) in [7, 11) is 0. The molecule has 5 heteroatoms. The highest BCUT2D eigenvalue weighted by atomic mass is 19.1. The quantitative estimate of drug-likeness (QED) is 0.800. The number of halogens is 2. The van der Waals surface area contributed by atoms with E-state index in [1.54, 1.807) is 0 Å². The normalized spacial score (nSPS) is 22.2. The third kappa shape index (κ3) is 4.58. The molecule has 1 atom stereocenters. The molecule has 0 N–H and O–H groups in total. The van der Waals surface area contributed by atoms with Crippen molar-refractivity contribution < 1.29 is 18.3 Å². The number of ether oxygens (including phenoxy) is 1. The van der Waals surface area contributed by atoms with Gasteiger partial charge in [-0.1, -0.05) is 0 Å². The zero-order valence-electron chi connectivity index (χ0n) is 12.7. The van der Waals surface area contributed by atoms with Crippen molar-refractivity contribution >= 4 is 5.78 Å². The highest BCUT2D eigenvalue weighted by molar-refractivity contribution is 5.96. The summed E-state index contributed by atoms with van der Waals surface area (Å²) >= 11 is 0. The molecular formula is C16H21F2NO2. The van der Waals surface area contributed by atoms with Crippen molar-refractivity contribution in [1.29, 1.82) is 0 Å². The Kier molecular flexibility index (Phi) is 4.74. The molecule has 21 heavy (non-hydrogen) atoms. The maximum atomic E-state index is 13.1. The van der Waals surface area contributed by atoms with Crippen LogP contribution in [0.25, 0.3) is 0 Å². The first-order valence-corrected chi connectivity index (χ1v) is 7.15. The first kappa shape index (κ1) is 16.0. The Bertz CT molecular complexity index is 511. The largest absolute Gasteiger partial charge is 0.370 e. The average molecular weight is 297 g/mol. The number of hydrogen-bond acceptors (Lipinski definition) is 3. The molecule has 1 aliphatic rings. The van der Waals surface area contributed by atoms with Crippen molar-refractivity contribution in [2.45, 2.75) is 38.9 Å². The Morgan fingerprint density at radius 3 is 2.52 bits per heavy atom. The summed E-state index contributed by atoms with van der Waals surface area (Å²) in [5.41, 5.74) is -0.154. The molecule has 0 amide bonds. The van der Waals surface area contributed by atoms with Crippen molar-refractivity contribution in [2.24, 2.45) is 0 Å². The van der Waals surface area contributed by atoms with E-state index in [-0.39, 0.29) is 29.5 Å². The Labute approximate surface area is 123 Å². The molecule has 0 aliphatic carbocycles. The number of Topliss-reactive ketones (excluding diaryl/α,β-unsaturated/α-hetero) is 1. The van der Waals surface area contributed by atoms with Crippen LogP contribution < -0.4 is 0 Å². The minimum atomic E-state index is -0.723. The fraction of sp³-hybridized carbons (Fsp3) is 0.562. The van der Waals surface area contributed by atoms with Crippen LogP contribution in [0.4, 0.5) is 8.78 Å². The van der Waals surface area contributed by atoms with Gasteiger partial charge >= 0.3 is 0 Å². The van der Waals surface area contributed by atoms with E-state index in [4.69, 9.17) is 4.74 Å². The minimum Gasteiger partial charge on any atom is -0.370 e. The van der Waals surface area contributed by atoms with Crippen LogP contribution in [0.15, 0.2) is 18.2 Å². The van der Waals surface area contributed by atoms with Gasteiger partial charge in [-0.05, 0) is 32.9 Å². The molecule has 1 saturated heterocycles. The van der Waals surface area contributed by atoms with Gasteiger partial charge < -0.3 is 4.74 Å². The number of hydrogen-bond donors (Lipinski definition) is 0. The zero-order chi connectivity index (χ0) is 15.6. The van der Waals surface area contributed by atoms with Gasteiger partial charge in [-0.2, -0.15) is 0 Å². The third-order valence-corrected chi connectivity index (χ3v) is 3.48. The van der Waals surface area contributed by atoms with E-state index < -0.39 is 11.6 Å². The number of rotatable bonds is 4. The summed E-state index contributed by atoms with van der Waals surface area (Å²) in [5, 5.41) is 0. The lowest BCUT2D eigenvalue weighted by Crippen LogP contribution is -2.52. The van der Waals surface area contributed by atoms with Crippen molar-refractivity contribution in [1.82, 2.24) is 4.90 Å². The van der Waals surface area contributed by atoms with Gasteiger partial charge in [0, 0.05) is 37.7 Å². The van der Waals surface area contributed by atoms with Crippen molar-refractivity contribution in [2.75, 3.05) is 19.6 Å². The highest BCUT2D eigenvalue weighted by Crippen LogP contribution is 2.21. The summed E-state index contributed by atoms with van der Waals surface area (Å²) in [5.74, 6) is -1.69. The maximum absolute atomic E-state index is 13.1. The van der Waals surface area contributed by atoms with E-state index in [0.29, 0.717) is 6.54 Å². The van der Waals surface area contributed by atoms with E-state index in [1.165, 1.54) is 0 Å². The molecule has 0 radical (unpaired) electrons. The first-order chi connectivity index (χ1) is 9.75. The Balaban J connectivity index is 1.94. The van der Waals surface area contributed by atoms with Gasteiger partial charge in [0.25, 0.3) is 0 Å². The number of ketones is 1. The van der Waals surface area contributed by atoms with Crippen molar-refractivity contribution in [3.05, 3.63) is 35.4 Å². The fourth-order valence-corrected chi connectivity index (χ4v) is 2.87. The van der Waals surface area contributed by atoms with Gasteiger partial charge in [-0.3, -0.25) is 9.69 Å². The van der Waals surface area contributed by atoms with Crippen LogP contribution in [-0.4, -0.2) is 42.0 Å². The van der Waals surface area contributed by atoms with Gasteiger partial charge in [-0.25, -0.2) is 8.78 Å². The molecule has 1 aromatic carbocycles. The van der Waals surface area contributed by atoms with Crippen LogP contribution in [0, 0.1) is 11.6 Å². The van der Waals surface area contributed by atoms with Gasteiger partial charge in [0.05, 0.1) is 11.7 Å². The standard InChI is InChI=1S/C16H21F2NO2/c1-11-9-19(10-16(2,3)21-11)5-4-15(20)12-6-13(17)8-14(18)7-12/h6-8,11H,4-5,9-10H2,1-3H3. The van der Waals surface area contributed by atoms with Gasteiger partial charge in [0.2, 0.25) is 0 Å². The maximum Gasteiger partial charge on any atom is 0.164 e. The molecule has 1 heterocycles. The van der Waals surface area contributed by atoms with E-state index in [1.807, 2.05) is 20.8 Å². The molecule has 1 aromatic rings. The summed E-state index contributed by atoms with van der Waals surface area (Å²) in [6.07, 6.45) is 0.349. The topological polar surface area (TPSA) is 29.5 Å². The zero-order valence-corrected chi connectivity index (χ0v) is 12.7. The molecule has 2 rings (SSSR count). The minimum absolute atomic E-state index is 0.0908. The molecule has 1 fully saturated rings. The molecule has 3 nitrogen and oxygen atoms in total. The molecule has 116 valence electrons. The van der Waals surface area contributed by atoms with Gasteiger partial charge in [-0.15, -0.1) is 0 Å². The van der Waals surface area contributed by atoms with Crippen LogP contribution >= 0.6 is 0 Å². The highest BCUT2D eigenvalue weighted by Gasteiger charge is 2.31. The predicted molar refractivity (Wildman–Crippen MR) is 76.4 cm³/mol. The summed E-state index contributed by atoms with van der Waals surface area (Å²) in [6, 6.07) is 2.93. The number of morpholine rings is 1. The number of carbonyl (C=O) groups is 1. The molecule has 0 spiro atoms. The molecule has 1 unspecified atom stereocenters. The van der Waals surface area contributed by atoms with Gasteiger partial charge in [0.1, 0.15) is 11.6 Å². The molecule has 1 aliphatic heterocycles. The SMILES string of the molecule is CC1CN(CCC(=O)c2cc(F)cc(F)c2)CC(C)(C)O1. The van der Waals surface area contributed by atoms with Crippen LogP contribution in [-0.2, 0) is 4.74 Å². The molecule has 0 bridgehead atoms. The number of benzene rings is 1. The predicted octanol–water partition coefficient (Wildman–Crippen LogP) is 3.04. The second kappa shape index (κ2) is 6.20. The molecule has 0 saturated carbocycles. The lowest BCUT2D eigenvalue weighted by atomic mass is 10.0. The number of carbonyl (C=O) groups excluding carboxylic acids is 1. The summed E-state index contributed by atoms with van der Waals surface area (Å²) in [6.45, 7) is 8.08. The first-order valence-electron chi connectivity index (χ1n) is 7.15. The smallest absolute Gasteiger partial charge is 0.164 e. The Morgan fingerprint density at radius 2 is 1.95 bits per heavy atom. The second-order valence-electron chi connectivity index (χ2n) is 6.25. The Morgan fingerprint density at radius 1 is 1.33 bits per heavy atom. The lowest BCUT2D eigenvalue weighted by Gasteiger charge is -2.41. The third-order valence-electron chi connectivity index (χ3n) is 3.48. The van der Waals surface area contributed by atoms with Crippen LogP contribution in [0.1, 0.15) is 37.6 Å². The van der Waals surface area contributed by atoms with Gasteiger partial charge in [0.15, 0.2) is 5.78 Å². The van der Waals surface area contributed by atoms with Crippen molar-refractivity contribution in [3.63, 3.8) is 0 Å². The van der Waals surface area contributed by atoms with E-state index in [2.05, 4.69) is 4.90 Å². The van der Waals surface area contributed by atoms with E-state index in [9.17, 15) is 13.6 Å². The van der Waals surface area contributed by atoms with Crippen molar-refractivity contribution in [3.8, 4) is 0 Å². The monoisotopic (exact) mass is 297 g/mol.